The second-order valence-corrected chi connectivity index (χ2v) is 13.7. The first-order valence-electron chi connectivity index (χ1n) is 17.7. The number of hydrogen-bond acceptors (Lipinski definition) is 11. The maximum Gasteiger partial charge on any atom is 0.322 e. The minimum atomic E-state index is -0.722. The molecule has 2 aromatic carbocycles. The number of pyridine rings is 2. The second kappa shape index (κ2) is 14.8. The van der Waals surface area contributed by atoms with E-state index in [4.69, 9.17) is 23.7 Å². The van der Waals surface area contributed by atoms with E-state index in [2.05, 4.69) is 78.9 Å². The highest BCUT2D eigenvalue weighted by Crippen LogP contribution is 2.35. The number of methoxy groups -OCH3 is 1. The molecular formula is C39H42N6O7. The molecule has 13 heteroatoms. The van der Waals surface area contributed by atoms with Crippen LogP contribution >= 0.6 is 0 Å². The van der Waals surface area contributed by atoms with E-state index in [1.807, 2.05) is 24.3 Å². The fraction of sp³-hybridized carbons (Fsp3) is 0.385. The third-order valence-electron chi connectivity index (χ3n) is 10.3. The van der Waals surface area contributed by atoms with E-state index in [9.17, 15) is 9.59 Å². The molecule has 0 aliphatic carbocycles. The third-order valence-corrected chi connectivity index (χ3v) is 10.3. The van der Waals surface area contributed by atoms with Crippen LogP contribution in [0.3, 0.4) is 0 Å². The molecule has 7 heterocycles. The number of ether oxygens (including phenoxy) is 5. The number of carbonyl (C=O) groups excluding carboxylic acids is 2. The van der Waals surface area contributed by atoms with Crippen molar-refractivity contribution < 1.29 is 33.3 Å². The van der Waals surface area contributed by atoms with Crippen LogP contribution in [-0.4, -0.2) is 89.9 Å². The van der Waals surface area contributed by atoms with Crippen LogP contribution in [0.2, 0.25) is 0 Å². The molecular weight excluding hydrogens is 664 g/mol. The Morgan fingerprint density at radius 1 is 0.750 bits per heavy atom. The van der Waals surface area contributed by atoms with E-state index >= 15 is 0 Å². The zero-order valence-corrected chi connectivity index (χ0v) is 29.0. The summed E-state index contributed by atoms with van der Waals surface area (Å²) in [6, 6.07) is 23.9. The first kappa shape index (κ1) is 33.9. The maximum atomic E-state index is 12.1. The quantitative estimate of drug-likeness (QED) is 0.268. The number of benzene rings is 2. The Labute approximate surface area is 302 Å². The van der Waals surface area contributed by atoms with Gasteiger partial charge in [0.05, 0.1) is 6.10 Å². The van der Waals surface area contributed by atoms with E-state index in [0.717, 1.165) is 50.4 Å². The number of piperidine rings is 1. The van der Waals surface area contributed by atoms with Crippen LogP contribution in [0, 0.1) is 0 Å². The molecule has 0 unspecified atom stereocenters. The number of imide groups is 1. The Bertz CT molecular complexity index is 1880. The summed E-state index contributed by atoms with van der Waals surface area (Å²) < 4.78 is 28.7. The number of carbonyl (C=O) groups is 2. The van der Waals surface area contributed by atoms with Gasteiger partial charge < -0.3 is 29.0 Å². The molecule has 5 aliphatic heterocycles. The number of rotatable bonds is 7. The Morgan fingerprint density at radius 3 is 1.75 bits per heavy atom. The first-order valence-corrected chi connectivity index (χ1v) is 17.7. The van der Waals surface area contributed by atoms with Crippen LogP contribution < -0.4 is 29.6 Å². The zero-order chi connectivity index (χ0) is 35.5. The summed E-state index contributed by atoms with van der Waals surface area (Å²) in [4.78, 5) is 36.6. The zero-order valence-electron chi connectivity index (χ0n) is 29.0. The fourth-order valence-corrected chi connectivity index (χ4v) is 7.11. The van der Waals surface area contributed by atoms with E-state index in [1.165, 1.54) is 11.1 Å². The van der Waals surface area contributed by atoms with E-state index in [-0.39, 0.29) is 24.1 Å². The summed E-state index contributed by atoms with van der Waals surface area (Å²) in [6.45, 7) is 6.29. The summed E-state index contributed by atoms with van der Waals surface area (Å²) in [5, 5.41) is 5.15. The number of nitrogens with one attached hydrogen (secondary N) is 2. The highest BCUT2D eigenvalue weighted by molar-refractivity contribution is 6.07. The molecule has 3 fully saturated rings. The number of amides is 3. The molecule has 0 bridgehead atoms. The molecule has 4 aromatic rings. The number of fused-ring (bicyclic) bond motifs is 2. The summed E-state index contributed by atoms with van der Waals surface area (Å²) in [5.74, 6) is 2.29. The van der Waals surface area contributed by atoms with Gasteiger partial charge in [0, 0.05) is 58.8 Å². The van der Waals surface area contributed by atoms with Crippen molar-refractivity contribution in [3.05, 3.63) is 107 Å². The van der Waals surface area contributed by atoms with Gasteiger partial charge in [0.2, 0.25) is 0 Å². The first-order chi connectivity index (χ1) is 25.4. The van der Waals surface area contributed by atoms with Crippen molar-refractivity contribution in [1.29, 1.82) is 0 Å². The predicted octanol–water partition coefficient (Wildman–Crippen LogP) is 4.19. The lowest BCUT2D eigenvalue weighted by molar-refractivity contribution is -0.125. The molecule has 3 amide bonds. The average Bonchev–Trinajstić information content (AvgIpc) is 3.45. The van der Waals surface area contributed by atoms with Gasteiger partial charge in [-0.25, -0.2) is 14.8 Å². The molecule has 2 N–H and O–H groups in total. The van der Waals surface area contributed by atoms with Gasteiger partial charge in [0.15, 0.2) is 23.7 Å². The van der Waals surface area contributed by atoms with Gasteiger partial charge in [0.1, 0.15) is 18.8 Å². The Kier molecular flexibility index (Phi) is 9.63. The number of hydrogen-bond donors (Lipinski definition) is 2. The van der Waals surface area contributed by atoms with Crippen molar-refractivity contribution in [2.24, 2.45) is 0 Å². The van der Waals surface area contributed by atoms with Gasteiger partial charge in [0.25, 0.3) is 17.7 Å². The fourth-order valence-electron chi connectivity index (χ4n) is 7.11. The van der Waals surface area contributed by atoms with Crippen LogP contribution in [0.4, 0.5) is 4.79 Å². The summed E-state index contributed by atoms with van der Waals surface area (Å²) in [5.41, 5.74) is 3.94. The van der Waals surface area contributed by atoms with Crippen LogP contribution in [-0.2, 0) is 22.6 Å². The van der Waals surface area contributed by atoms with Gasteiger partial charge >= 0.3 is 6.03 Å². The van der Waals surface area contributed by atoms with E-state index in [0.29, 0.717) is 55.4 Å². The smallest absolute Gasteiger partial charge is 0.322 e. The lowest BCUT2D eigenvalue weighted by Gasteiger charge is -2.38. The molecule has 2 atom stereocenters. The Morgan fingerprint density at radius 2 is 1.27 bits per heavy atom. The van der Waals surface area contributed by atoms with Gasteiger partial charge in [-0.15, -0.1) is 0 Å². The SMILES string of the molecule is COC1CN(Cc2ccc([C@H]3COc4cccnc4O3)cc2)C1.O=C1NC(=O)C2(CCN(Cc3ccc([C@H]4COc5cccnc5O4)cc3)CC2)N1. The third kappa shape index (κ3) is 7.38. The van der Waals surface area contributed by atoms with Crippen molar-refractivity contribution in [1.82, 2.24) is 30.4 Å². The van der Waals surface area contributed by atoms with Crippen molar-refractivity contribution in [3.63, 3.8) is 0 Å². The van der Waals surface area contributed by atoms with Crippen LogP contribution in [0.25, 0.3) is 0 Å². The molecule has 52 heavy (non-hydrogen) atoms. The Hall–Kier alpha value is -5.24. The monoisotopic (exact) mass is 706 g/mol. The minimum Gasteiger partial charge on any atom is -0.484 e. The molecule has 13 nitrogen and oxygen atoms in total. The highest BCUT2D eigenvalue weighted by Gasteiger charge is 2.47. The van der Waals surface area contributed by atoms with Crippen molar-refractivity contribution >= 4 is 11.9 Å². The number of urea groups is 1. The topological polar surface area (TPSA) is 137 Å². The molecule has 5 aliphatic rings. The van der Waals surface area contributed by atoms with Gasteiger partial charge in [-0.1, -0.05) is 48.5 Å². The van der Waals surface area contributed by atoms with Crippen molar-refractivity contribution in [2.75, 3.05) is 46.5 Å². The summed E-state index contributed by atoms with van der Waals surface area (Å²) >= 11 is 0. The minimum absolute atomic E-state index is 0.103. The highest BCUT2D eigenvalue weighted by atomic mass is 16.6. The molecule has 0 saturated carbocycles. The van der Waals surface area contributed by atoms with Crippen molar-refractivity contribution in [2.45, 2.75) is 49.8 Å². The van der Waals surface area contributed by atoms with Crippen molar-refractivity contribution in [3.8, 4) is 23.3 Å². The standard InChI is InChI=1S/C21H22N4O4.C18H20N2O3/c26-19-21(24-20(27)23-19)7-10-25(11-8-21)12-14-3-5-15(6-4-14)17-13-28-16-2-1-9-22-18(16)29-17;1-21-15-10-20(11-15)9-13-4-6-14(7-5-13)17-12-22-16-3-2-8-19-18(16)23-17/h1-6,9,17H,7-8,10-13H2,(H2,23,24,26,27);2-8,15,17H,9-12H2,1H3/t2*17-/m11/s1. The lowest BCUT2D eigenvalue weighted by Crippen LogP contribution is -2.54. The second-order valence-electron chi connectivity index (χ2n) is 13.7. The van der Waals surface area contributed by atoms with Gasteiger partial charge in [-0.05, 0) is 59.4 Å². The maximum absolute atomic E-state index is 12.1. The van der Waals surface area contributed by atoms with Gasteiger partial charge in [-0.3, -0.25) is 19.9 Å². The summed E-state index contributed by atoms with van der Waals surface area (Å²) in [7, 11) is 1.77. The van der Waals surface area contributed by atoms with E-state index in [1.54, 1.807) is 19.5 Å². The van der Waals surface area contributed by atoms with Crippen LogP contribution in [0.5, 0.6) is 23.3 Å². The molecule has 3 saturated heterocycles. The lowest BCUT2D eigenvalue weighted by atomic mass is 9.87. The number of aromatic nitrogens is 2. The molecule has 0 radical (unpaired) electrons. The predicted molar refractivity (Wildman–Crippen MR) is 189 cm³/mol. The molecule has 2 aromatic heterocycles. The average molecular weight is 707 g/mol. The largest absolute Gasteiger partial charge is 0.484 e. The van der Waals surface area contributed by atoms with Crippen LogP contribution in [0.1, 0.15) is 47.3 Å². The molecule has 1 spiro atoms. The number of nitrogens with zero attached hydrogens (tertiary/aromatic N) is 4. The molecule has 270 valence electrons. The number of likely N-dealkylation sites (tertiary alicyclic amines) is 2. The summed E-state index contributed by atoms with van der Waals surface area (Å²) in [6.07, 6.45) is 4.78. The van der Waals surface area contributed by atoms with E-state index < -0.39 is 5.54 Å². The normalized spacial score (nSPS) is 22.1. The molecule has 9 rings (SSSR count). The van der Waals surface area contributed by atoms with Gasteiger partial charge in [-0.2, -0.15) is 0 Å². The van der Waals surface area contributed by atoms with Crippen LogP contribution in [0.15, 0.2) is 85.2 Å². The Balaban J connectivity index is 0.000000153.